The van der Waals surface area contributed by atoms with Crippen LogP contribution >= 0.6 is 11.3 Å². The van der Waals surface area contributed by atoms with E-state index in [9.17, 15) is 4.79 Å². The third-order valence-electron chi connectivity index (χ3n) is 6.42. The van der Waals surface area contributed by atoms with Crippen LogP contribution in [0.25, 0.3) is 10.1 Å². The lowest BCUT2D eigenvalue weighted by Gasteiger charge is -2.34. The number of hydrogen-bond donors (Lipinski definition) is 1. The summed E-state index contributed by atoms with van der Waals surface area (Å²) in [7, 11) is 0. The summed E-state index contributed by atoms with van der Waals surface area (Å²) in [5.74, 6) is 1.20. The van der Waals surface area contributed by atoms with Crippen molar-refractivity contribution in [2.24, 2.45) is 5.92 Å². The van der Waals surface area contributed by atoms with Gasteiger partial charge in [-0.1, -0.05) is 32.4 Å². The Kier molecular flexibility index (Phi) is 7.86. The SMILES string of the molecule is CC(C)COc1c(C(=O)NC2CCN(CCN3CCCCC3)CC2)sc2ccccc12. The van der Waals surface area contributed by atoms with Gasteiger partial charge in [-0.25, -0.2) is 0 Å². The van der Waals surface area contributed by atoms with E-state index in [1.807, 2.05) is 12.1 Å². The highest BCUT2D eigenvalue weighted by Crippen LogP contribution is 2.38. The average molecular weight is 444 g/mol. The lowest BCUT2D eigenvalue weighted by atomic mass is 10.0. The molecular formula is C25H37N3O2S. The van der Waals surface area contributed by atoms with Gasteiger partial charge in [0.15, 0.2) is 5.75 Å². The van der Waals surface area contributed by atoms with E-state index in [1.165, 1.54) is 38.9 Å². The average Bonchev–Trinajstić information content (AvgIpc) is 3.17. The Morgan fingerprint density at radius 3 is 2.45 bits per heavy atom. The molecule has 1 aromatic carbocycles. The molecule has 3 heterocycles. The summed E-state index contributed by atoms with van der Waals surface area (Å²) in [5.41, 5.74) is 0. The number of ether oxygens (including phenoxy) is 1. The Bertz CT molecular complexity index is 852. The first-order chi connectivity index (χ1) is 15.1. The second-order valence-electron chi connectivity index (χ2n) is 9.45. The lowest BCUT2D eigenvalue weighted by Crippen LogP contribution is -2.46. The number of hydrogen-bond acceptors (Lipinski definition) is 5. The van der Waals surface area contributed by atoms with Crippen LogP contribution in [0.5, 0.6) is 5.75 Å². The van der Waals surface area contributed by atoms with Crippen LogP contribution in [-0.2, 0) is 0 Å². The Morgan fingerprint density at radius 1 is 1.06 bits per heavy atom. The molecule has 31 heavy (non-hydrogen) atoms. The minimum atomic E-state index is 0.0201. The van der Waals surface area contributed by atoms with Gasteiger partial charge in [0.2, 0.25) is 0 Å². The molecule has 0 aliphatic carbocycles. The number of nitrogens with one attached hydrogen (secondary N) is 1. The van der Waals surface area contributed by atoms with Crippen molar-refractivity contribution in [3.63, 3.8) is 0 Å². The molecule has 170 valence electrons. The molecule has 1 amide bonds. The molecule has 2 aliphatic rings. The van der Waals surface area contributed by atoms with Crippen LogP contribution in [0.2, 0.25) is 0 Å². The number of piperidine rings is 2. The van der Waals surface area contributed by atoms with Gasteiger partial charge >= 0.3 is 0 Å². The van der Waals surface area contributed by atoms with Crippen LogP contribution in [0.3, 0.4) is 0 Å². The maximum absolute atomic E-state index is 13.2. The van der Waals surface area contributed by atoms with E-state index in [1.54, 1.807) is 11.3 Å². The summed E-state index contributed by atoms with van der Waals surface area (Å²) in [6.45, 7) is 11.9. The lowest BCUT2D eigenvalue weighted by molar-refractivity contribution is 0.0905. The zero-order valence-corrected chi connectivity index (χ0v) is 19.9. The van der Waals surface area contributed by atoms with Crippen molar-refractivity contribution in [3.05, 3.63) is 29.1 Å². The third-order valence-corrected chi connectivity index (χ3v) is 7.57. The molecule has 0 bridgehead atoms. The van der Waals surface area contributed by atoms with Crippen LogP contribution in [0.1, 0.15) is 55.6 Å². The Balaban J connectivity index is 1.31. The first-order valence-electron chi connectivity index (χ1n) is 12.0. The van der Waals surface area contributed by atoms with Crippen LogP contribution in [0.4, 0.5) is 0 Å². The maximum atomic E-state index is 13.2. The summed E-state index contributed by atoms with van der Waals surface area (Å²) >= 11 is 1.54. The second-order valence-corrected chi connectivity index (χ2v) is 10.5. The van der Waals surface area contributed by atoms with Crippen molar-refractivity contribution >= 4 is 27.3 Å². The number of nitrogens with zero attached hydrogens (tertiary/aromatic N) is 2. The van der Waals surface area contributed by atoms with Crippen molar-refractivity contribution < 1.29 is 9.53 Å². The van der Waals surface area contributed by atoms with Crippen LogP contribution in [0, 0.1) is 5.92 Å². The monoisotopic (exact) mass is 443 g/mol. The quantitative estimate of drug-likeness (QED) is 0.647. The van der Waals surface area contributed by atoms with Gasteiger partial charge in [0.05, 0.1) is 6.61 Å². The summed E-state index contributed by atoms with van der Waals surface area (Å²) < 4.78 is 7.22. The Labute approximate surface area is 190 Å². The van der Waals surface area contributed by atoms with E-state index in [0.29, 0.717) is 12.5 Å². The Hall–Kier alpha value is -1.63. The maximum Gasteiger partial charge on any atom is 0.265 e. The first kappa shape index (κ1) is 22.6. The van der Waals surface area contributed by atoms with Gasteiger partial charge in [-0.05, 0) is 56.8 Å². The molecule has 0 saturated carbocycles. The van der Waals surface area contributed by atoms with E-state index < -0.39 is 0 Å². The van der Waals surface area contributed by atoms with E-state index in [2.05, 4.69) is 41.1 Å². The minimum Gasteiger partial charge on any atom is -0.491 e. The zero-order valence-electron chi connectivity index (χ0n) is 19.1. The topological polar surface area (TPSA) is 44.8 Å². The molecule has 2 aromatic rings. The van der Waals surface area contributed by atoms with E-state index >= 15 is 0 Å². The number of carbonyl (C=O) groups excluding carboxylic acids is 1. The van der Waals surface area contributed by atoms with Gasteiger partial charge in [0.1, 0.15) is 4.88 Å². The largest absolute Gasteiger partial charge is 0.491 e. The molecule has 6 heteroatoms. The van der Waals surface area contributed by atoms with Gasteiger partial charge in [0, 0.05) is 42.3 Å². The molecule has 0 radical (unpaired) electrons. The van der Waals surface area contributed by atoms with E-state index in [0.717, 1.165) is 53.2 Å². The van der Waals surface area contributed by atoms with Crippen molar-refractivity contribution in [1.82, 2.24) is 15.1 Å². The van der Waals surface area contributed by atoms with Gasteiger partial charge in [-0.15, -0.1) is 11.3 Å². The molecule has 1 N–H and O–H groups in total. The number of amides is 1. The second kappa shape index (κ2) is 10.8. The molecule has 2 aliphatic heterocycles. The fourth-order valence-corrected chi connectivity index (χ4v) is 5.63. The van der Waals surface area contributed by atoms with Crippen molar-refractivity contribution in [2.75, 3.05) is 45.9 Å². The number of thiophene rings is 1. The smallest absolute Gasteiger partial charge is 0.265 e. The molecule has 5 nitrogen and oxygen atoms in total. The molecular weight excluding hydrogens is 406 g/mol. The van der Waals surface area contributed by atoms with Crippen molar-refractivity contribution in [3.8, 4) is 5.75 Å². The molecule has 1 aromatic heterocycles. The summed E-state index contributed by atoms with van der Waals surface area (Å²) in [6, 6.07) is 8.41. The molecule has 2 fully saturated rings. The van der Waals surface area contributed by atoms with Gasteiger partial charge in [0.25, 0.3) is 5.91 Å². The predicted molar refractivity (Wildman–Crippen MR) is 129 cm³/mol. The standard InChI is InChI=1S/C25H37N3O2S/c1-19(2)18-30-23-21-8-4-5-9-22(21)31-24(23)25(29)26-20-10-14-28(15-11-20)17-16-27-12-6-3-7-13-27/h4-5,8-9,19-20H,3,6-7,10-18H2,1-2H3,(H,26,29). The minimum absolute atomic E-state index is 0.0201. The van der Waals surface area contributed by atoms with Crippen molar-refractivity contribution in [2.45, 2.75) is 52.0 Å². The number of rotatable bonds is 8. The molecule has 4 rings (SSSR count). The van der Waals surface area contributed by atoms with Crippen LogP contribution in [-0.4, -0.2) is 67.6 Å². The summed E-state index contributed by atoms with van der Waals surface area (Å²) in [5, 5.41) is 4.35. The van der Waals surface area contributed by atoms with Crippen molar-refractivity contribution in [1.29, 1.82) is 0 Å². The summed E-state index contributed by atoms with van der Waals surface area (Å²) in [4.78, 5) is 19.0. The highest BCUT2D eigenvalue weighted by molar-refractivity contribution is 7.21. The van der Waals surface area contributed by atoms with Gasteiger partial charge in [-0.3, -0.25) is 4.79 Å². The van der Waals surface area contributed by atoms with Gasteiger partial charge < -0.3 is 19.9 Å². The van der Waals surface area contributed by atoms with Gasteiger partial charge in [-0.2, -0.15) is 0 Å². The van der Waals surface area contributed by atoms with Crippen LogP contribution < -0.4 is 10.1 Å². The molecule has 0 spiro atoms. The predicted octanol–water partition coefficient (Wildman–Crippen LogP) is 4.62. The molecule has 2 saturated heterocycles. The normalized spacial score (nSPS) is 19.2. The highest BCUT2D eigenvalue weighted by atomic mass is 32.1. The molecule has 0 atom stereocenters. The molecule has 0 unspecified atom stereocenters. The summed E-state index contributed by atoms with van der Waals surface area (Å²) in [6.07, 6.45) is 6.16. The highest BCUT2D eigenvalue weighted by Gasteiger charge is 2.25. The number of likely N-dealkylation sites (tertiary alicyclic amines) is 2. The van der Waals surface area contributed by atoms with E-state index in [4.69, 9.17) is 4.74 Å². The van der Waals surface area contributed by atoms with Crippen LogP contribution in [0.15, 0.2) is 24.3 Å². The first-order valence-corrected chi connectivity index (χ1v) is 12.8. The zero-order chi connectivity index (χ0) is 21.6. The number of benzene rings is 1. The fourth-order valence-electron chi connectivity index (χ4n) is 4.58. The third kappa shape index (κ3) is 5.99. The Morgan fingerprint density at radius 2 is 1.74 bits per heavy atom. The van der Waals surface area contributed by atoms with E-state index in [-0.39, 0.29) is 11.9 Å². The number of carbonyl (C=O) groups is 1. The number of fused-ring (bicyclic) bond motifs is 1. The fraction of sp³-hybridized carbons (Fsp3) is 0.640.